The molecule has 380 valence electrons. The largest absolute Gasteiger partial charge is 0.468 e. The van der Waals surface area contributed by atoms with Crippen LogP contribution in [0.4, 0.5) is 4.39 Å². The lowest BCUT2D eigenvalue weighted by atomic mass is 9.94. The van der Waals surface area contributed by atoms with E-state index in [1.807, 2.05) is 44.7 Å². The number of nitrogens with one attached hydrogen (secondary N) is 2. The summed E-state index contributed by atoms with van der Waals surface area (Å²) in [6.45, 7) is 12.2. The number of pyridine rings is 1. The molecule has 0 spiro atoms. The first-order chi connectivity index (χ1) is 33.0. The third-order valence-electron chi connectivity index (χ3n) is 13.6. The summed E-state index contributed by atoms with van der Waals surface area (Å²) in [6.07, 6.45) is 2.52. The van der Waals surface area contributed by atoms with E-state index in [0.717, 1.165) is 5.56 Å². The molecule has 1 aliphatic carbocycles. The van der Waals surface area contributed by atoms with Crippen molar-refractivity contribution in [2.45, 2.75) is 92.0 Å². The minimum absolute atomic E-state index is 0.00525. The molecule has 1 saturated carbocycles. The molecule has 7 rings (SSSR count). The van der Waals surface area contributed by atoms with Crippen molar-refractivity contribution in [2.24, 2.45) is 23.2 Å². The van der Waals surface area contributed by atoms with E-state index in [4.69, 9.17) is 23.6 Å². The van der Waals surface area contributed by atoms with E-state index in [1.54, 1.807) is 43.2 Å². The highest BCUT2D eigenvalue weighted by Crippen LogP contribution is 2.46. The number of esters is 1. The first-order valence-corrected chi connectivity index (χ1v) is 27.4. The Hall–Kier alpha value is -4.86. The van der Waals surface area contributed by atoms with Crippen LogP contribution in [-0.4, -0.2) is 134 Å². The second-order valence-corrected chi connectivity index (χ2v) is 23.5. The molecule has 5 heterocycles. The third kappa shape index (κ3) is 12.1. The maximum atomic E-state index is 17.8. The number of methoxy groups -OCH3 is 2. The van der Waals surface area contributed by atoms with Crippen molar-refractivity contribution in [3.8, 4) is 34.4 Å². The number of fused-ring (bicyclic) bond motifs is 1. The lowest BCUT2D eigenvalue weighted by Gasteiger charge is -2.34. The highest BCUT2D eigenvalue weighted by atomic mass is 32.3. The first-order valence-electron chi connectivity index (χ1n) is 23.4. The quantitative estimate of drug-likeness (QED) is 0.0736. The normalized spacial score (nSPS) is 21.4. The van der Waals surface area contributed by atoms with Crippen LogP contribution in [0, 0.1) is 40.8 Å². The van der Waals surface area contributed by atoms with E-state index in [9.17, 15) is 35.8 Å². The number of carbonyl (C=O) groups excluding carboxylic acids is 3. The molecule has 1 aromatic carbocycles. The summed E-state index contributed by atoms with van der Waals surface area (Å²) in [5.41, 5.74) is 5.57. The molecule has 2 saturated heterocycles. The average molecular weight is 1030 g/mol. The molecule has 2 amide bonds. The molecule has 3 N–H and O–H groups in total. The van der Waals surface area contributed by atoms with Crippen LogP contribution in [0.5, 0.6) is 0 Å². The van der Waals surface area contributed by atoms with Gasteiger partial charge < -0.3 is 19.4 Å². The summed E-state index contributed by atoms with van der Waals surface area (Å²) in [5.74, 6) is 4.68. The molecule has 22 heteroatoms. The number of ether oxygens (including phenoxy) is 2. The zero-order valence-electron chi connectivity index (χ0n) is 40.7. The molecule has 70 heavy (non-hydrogen) atoms. The van der Waals surface area contributed by atoms with Gasteiger partial charge in [-0.2, -0.15) is 8.42 Å². The van der Waals surface area contributed by atoms with Crippen molar-refractivity contribution in [3.63, 3.8) is 0 Å². The number of carbonyl (C=O) groups is 3. The molecule has 18 nitrogen and oxygen atoms in total. The van der Waals surface area contributed by atoms with Crippen molar-refractivity contribution in [3.05, 3.63) is 57.4 Å². The number of benzene rings is 1. The molecular formula is C48H62FN7O11S3. The van der Waals surface area contributed by atoms with Crippen molar-refractivity contribution >= 4 is 60.3 Å². The molecule has 4 aromatic rings. The number of rotatable bonds is 17. The summed E-state index contributed by atoms with van der Waals surface area (Å²) >= 11 is 1.21. The van der Waals surface area contributed by atoms with Crippen molar-refractivity contribution in [1.29, 1.82) is 0 Å². The van der Waals surface area contributed by atoms with Crippen LogP contribution in [0.15, 0.2) is 29.8 Å². The Kier molecular flexibility index (Phi) is 16.2. The van der Waals surface area contributed by atoms with Gasteiger partial charge in [-0.05, 0) is 55.7 Å². The van der Waals surface area contributed by atoms with Gasteiger partial charge in [0.1, 0.15) is 12.1 Å². The maximum absolute atomic E-state index is 17.8. The smallest absolute Gasteiger partial charge is 0.397 e. The van der Waals surface area contributed by atoms with Gasteiger partial charge in [-0.25, -0.2) is 27.4 Å². The van der Waals surface area contributed by atoms with Gasteiger partial charge in [-0.3, -0.25) is 33.8 Å². The lowest BCUT2D eigenvalue weighted by Crippen LogP contribution is -2.60. The predicted molar refractivity (Wildman–Crippen MR) is 262 cm³/mol. The predicted octanol–water partition coefficient (Wildman–Crippen LogP) is 4.76. The second-order valence-electron chi connectivity index (χ2n) is 19.2. The standard InChI is InChI=1S/C48H62FN7O11S3/c1-9-32-33-14-15-34(38-25-68-39(51-38)23-37(52-45(57)40-28(2)29(40)3)46(58)56-17-11-13-36(53-56)47(59)66-8)41(49)44(33)55(26-48(5,6)27-67-70(62,63)64)43(32)35-22-31(24-50-42(35)30(4)65-7)12-10-16-54-18-20-69(60,61)21-19-54/h14-15,22,24-25,28-30,36-37,40,53H,9,11,13,16-21,23,26-27H2,1-8H3,(H,52,57)(H,62,63,64)/t28-,29+,30-,36-,37-,40?/m0/s1. The van der Waals surface area contributed by atoms with Crippen molar-refractivity contribution in [2.75, 3.05) is 58.5 Å². The van der Waals surface area contributed by atoms with Gasteiger partial charge in [0.25, 0.3) is 5.91 Å². The molecule has 3 aliphatic rings. The van der Waals surface area contributed by atoms with Gasteiger partial charge >= 0.3 is 16.4 Å². The van der Waals surface area contributed by atoms with E-state index in [-0.39, 0.29) is 64.9 Å². The Morgan fingerprint density at radius 3 is 2.47 bits per heavy atom. The Morgan fingerprint density at radius 2 is 1.83 bits per heavy atom. The van der Waals surface area contributed by atoms with Crippen LogP contribution in [-0.2, 0) is 67.7 Å². The fourth-order valence-corrected chi connectivity index (χ4v) is 11.9. The van der Waals surface area contributed by atoms with Gasteiger partial charge in [0.15, 0.2) is 15.7 Å². The molecule has 3 aromatic heterocycles. The number of amides is 2. The van der Waals surface area contributed by atoms with Crippen molar-refractivity contribution < 1.29 is 53.8 Å². The van der Waals surface area contributed by atoms with Gasteiger partial charge in [-0.15, -0.1) is 11.3 Å². The fraction of sp³-hybridized carbons (Fsp3) is 0.562. The fourth-order valence-electron chi connectivity index (χ4n) is 9.29. The number of sulfone groups is 1. The van der Waals surface area contributed by atoms with Crippen LogP contribution >= 0.6 is 11.3 Å². The molecule has 2 aliphatic heterocycles. The molecule has 0 radical (unpaired) electrons. The first kappa shape index (κ1) is 53.0. The molecule has 0 bridgehead atoms. The van der Waals surface area contributed by atoms with E-state index in [1.165, 1.54) is 23.5 Å². The molecule has 1 unspecified atom stereocenters. The number of hydrogen-bond acceptors (Lipinski definition) is 15. The second kappa shape index (κ2) is 21.5. The number of aryl methyl sites for hydroxylation is 1. The Bertz CT molecular complexity index is 2910. The zero-order valence-corrected chi connectivity index (χ0v) is 43.2. The van der Waals surface area contributed by atoms with Crippen LogP contribution in [0.1, 0.15) is 82.3 Å². The maximum Gasteiger partial charge on any atom is 0.397 e. The van der Waals surface area contributed by atoms with Crippen LogP contribution < -0.4 is 10.7 Å². The molecule has 3 fully saturated rings. The summed E-state index contributed by atoms with van der Waals surface area (Å²) in [5, 5.41) is 7.01. The SMILES string of the molecule is CCc1c(-c2cc(C#CCN3CCS(=O)(=O)CC3)cnc2[C@H](C)OC)n(CC(C)(C)COS(=O)(=O)O)c2c(F)c(-c3csc(C[C@H](NC(=O)C4[C@@H](C)[C@H]4C)C(=O)N4CCC[C@@H](C(=O)OC)N4)n3)ccc12. The number of aromatic nitrogens is 3. The number of hydrogen-bond donors (Lipinski definition) is 3. The summed E-state index contributed by atoms with van der Waals surface area (Å²) in [4.78, 5) is 51.7. The number of thiazole rings is 1. The van der Waals surface area contributed by atoms with Crippen LogP contribution in [0.25, 0.3) is 33.4 Å². The Morgan fingerprint density at radius 1 is 1.11 bits per heavy atom. The Balaban J connectivity index is 1.30. The van der Waals surface area contributed by atoms with E-state index < -0.39 is 68.1 Å². The number of hydrazine groups is 1. The summed E-state index contributed by atoms with van der Waals surface area (Å²) < 4.78 is 92.4. The third-order valence-corrected chi connectivity index (χ3v) is 16.5. The molecular weight excluding hydrogens is 966 g/mol. The molecule has 6 atom stereocenters. The number of halogens is 1. The monoisotopic (exact) mass is 1030 g/mol. The Labute approximate surface area is 412 Å². The van der Waals surface area contributed by atoms with E-state index >= 15 is 4.39 Å². The zero-order chi connectivity index (χ0) is 50.9. The van der Waals surface area contributed by atoms with Gasteiger partial charge in [-0.1, -0.05) is 52.5 Å². The van der Waals surface area contributed by atoms with Gasteiger partial charge in [0.05, 0.1) is 65.5 Å². The van der Waals surface area contributed by atoms with E-state index in [0.29, 0.717) is 78.4 Å². The topological polar surface area (TPSA) is 229 Å². The van der Waals surface area contributed by atoms with Gasteiger partial charge in [0.2, 0.25) is 5.91 Å². The van der Waals surface area contributed by atoms with Crippen LogP contribution in [0.3, 0.4) is 0 Å². The number of nitrogens with zero attached hydrogens (tertiary/aromatic N) is 5. The van der Waals surface area contributed by atoms with E-state index in [2.05, 4.69) is 22.6 Å². The van der Waals surface area contributed by atoms with Crippen molar-refractivity contribution in [1.82, 2.24) is 35.2 Å². The highest BCUT2D eigenvalue weighted by molar-refractivity contribution is 7.91. The summed E-state index contributed by atoms with van der Waals surface area (Å²) in [7, 11) is -5.07. The average Bonchev–Trinajstić information content (AvgIpc) is 3.57. The summed E-state index contributed by atoms with van der Waals surface area (Å²) in [6, 6.07) is 3.53. The minimum atomic E-state index is -4.83. The lowest BCUT2D eigenvalue weighted by molar-refractivity contribution is -0.151. The van der Waals surface area contributed by atoms with Crippen LogP contribution in [0.2, 0.25) is 0 Å². The minimum Gasteiger partial charge on any atom is -0.468 e. The van der Waals surface area contributed by atoms with Gasteiger partial charge in [0, 0.05) is 84.7 Å². The highest BCUT2D eigenvalue weighted by Gasteiger charge is 2.49.